The van der Waals surface area contributed by atoms with Gasteiger partial charge in [0.1, 0.15) is 11.9 Å². The Morgan fingerprint density at radius 2 is 1.87 bits per heavy atom. The number of amides is 1. The maximum absolute atomic E-state index is 13.3. The number of ether oxygens (including phenoxy) is 1. The molecule has 164 valence electrons. The third kappa shape index (κ3) is 6.88. The van der Waals surface area contributed by atoms with Crippen molar-refractivity contribution in [1.82, 2.24) is 5.32 Å². The second kappa shape index (κ2) is 10.8. The van der Waals surface area contributed by atoms with Crippen molar-refractivity contribution in [1.29, 1.82) is 0 Å². The molecule has 2 aromatic rings. The van der Waals surface area contributed by atoms with E-state index in [0.717, 1.165) is 6.07 Å². The lowest BCUT2D eigenvalue weighted by Crippen LogP contribution is -2.46. The van der Waals surface area contributed by atoms with Gasteiger partial charge >= 0.3 is 11.9 Å². The fourth-order valence-corrected chi connectivity index (χ4v) is 3.06. The third-order valence-corrected chi connectivity index (χ3v) is 4.46. The van der Waals surface area contributed by atoms with Gasteiger partial charge in [0.2, 0.25) is 5.91 Å². The van der Waals surface area contributed by atoms with Crippen LogP contribution in [0.15, 0.2) is 48.5 Å². The zero-order valence-electron chi connectivity index (χ0n) is 16.6. The normalized spacial score (nSPS) is 12.5. The monoisotopic (exact) mass is 432 g/mol. The quantitative estimate of drug-likeness (QED) is 0.335. The number of nitrogens with zero attached hydrogens (tertiary/aromatic N) is 1. The summed E-state index contributed by atoms with van der Waals surface area (Å²) in [4.78, 5) is 46.7. The van der Waals surface area contributed by atoms with Crippen molar-refractivity contribution in [2.45, 2.75) is 31.7 Å². The average molecular weight is 432 g/mol. The number of esters is 1. The minimum Gasteiger partial charge on any atom is -0.480 e. The van der Waals surface area contributed by atoms with Crippen LogP contribution in [0.1, 0.15) is 30.4 Å². The van der Waals surface area contributed by atoms with Crippen molar-refractivity contribution in [2.75, 3.05) is 6.61 Å². The van der Waals surface area contributed by atoms with Crippen LogP contribution < -0.4 is 5.32 Å². The average Bonchev–Trinajstić information content (AvgIpc) is 2.70. The summed E-state index contributed by atoms with van der Waals surface area (Å²) in [5, 5.41) is 23.0. The Morgan fingerprint density at radius 3 is 2.42 bits per heavy atom. The molecular weight excluding hydrogens is 411 g/mol. The lowest BCUT2D eigenvalue weighted by atomic mass is 9.88. The van der Waals surface area contributed by atoms with E-state index in [2.05, 4.69) is 5.32 Å². The SMILES string of the molecule is CCOC(=O)C[C@H](c1ccc([N+](=O)[O-])cc1)[C@@H](NC(=O)Cc1cccc(F)c1)C(=O)O. The number of carbonyl (C=O) groups excluding carboxylic acids is 2. The molecule has 9 nitrogen and oxygen atoms in total. The Morgan fingerprint density at radius 1 is 1.19 bits per heavy atom. The van der Waals surface area contributed by atoms with Crippen LogP contribution in [-0.4, -0.2) is 40.5 Å². The maximum Gasteiger partial charge on any atom is 0.326 e. The molecule has 2 rings (SSSR count). The predicted octanol–water partition coefficient (Wildman–Crippen LogP) is 2.58. The molecule has 0 radical (unpaired) electrons. The highest BCUT2D eigenvalue weighted by atomic mass is 19.1. The highest BCUT2D eigenvalue weighted by Crippen LogP contribution is 2.27. The molecule has 0 aliphatic carbocycles. The number of aliphatic carboxylic acids is 1. The molecule has 0 spiro atoms. The summed E-state index contributed by atoms with van der Waals surface area (Å²) in [6, 6.07) is 8.81. The standard InChI is InChI=1S/C21H21FN2O7/c1-2-31-19(26)12-17(14-6-8-16(9-7-14)24(29)30)20(21(27)28)23-18(25)11-13-4-3-5-15(22)10-13/h3-10,17,20H,2,11-12H2,1H3,(H,23,25)(H,27,28)/t17-,20-/m1/s1. The topological polar surface area (TPSA) is 136 Å². The van der Waals surface area contributed by atoms with Crippen molar-refractivity contribution in [2.24, 2.45) is 0 Å². The minimum absolute atomic E-state index is 0.0789. The fourth-order valence-electron chi connectivity index (χ4n) is 3.06. The highest BCUT2D eigenvalue weighted by molar-refractivity contribution is 5.86. The molecule has 0 aliphatic rings. The van der Waals surface area contributed by atoms with Crippen molar-refractivity contribution in [3.63, 3.8) is 0 Å². The lowest BCUT2D eigenvalue weighted by molar-refractivity contribution is -0.384. The molecule has 0 bridgehead atoms. The van der Waals surface area contributed by atoms with Crippen molar-refractivity contribution >= 4 is 23.5 Å². The summed E-state index contributed by atoms with van der Waals surface area (Å²) in [5.41, 5.74) is 0.441. The third-order valence-electron chi connectivity index (χ3n) is 4.46. The number of carboxylic acids is 1. The van der Waals surface area contributed by atoms with Crippen LogP contribution in [0.4, 0.5) is 10.1 Å². The van der Waals surface area contributed by atoms with Gasteiger partial charge in [-0.2, -0.15) is 0 Å². The number of rotatable bonds is 10. The Hall–Kier alpha value is -3.82. The summed E-state index contributed by atoms with van der Waals surface area (Å²) in [5.74, 6) is -4.36. The van der Waals surface area contributed by atoms with Gasteiger partial charge in [0.05, 0.1) is 24.4 Å². The van der Waals surface area contributed by atoms with Crippen molar-refractivity contribution < 1.29 is 33.5 Å². The molecule has 1 amide bonds. The summed E-state index contributed by atoms with van der Waals surface area (Å²) in [6.07, 6.45) is -0.642. The van der Waals surface area contributed by atoms with Gasteiger partial charge in [-0.3, -0.25) is 19.7 Å². The number of benzene rings is 2. The lowest BCUT2D eigenvalue weighted by Gasteiger charge is -2.25. The summed E-state index contributed by atoms with van der Waals surface area (Å²) >= 11 is 0. The number of nitro groups is 1. The Balaban J connectivity index is 2.29. The number of nitrogens with one attached hydrogen (secondary N) is 1. The van der Waals surface area contributed by atoms with Gasteiger partial charge in [0.15, 0.2) is 0 Å². The minimum atomic E-state index is -1.52. The number of carboxylic acid groups (broad SMARTS) is 1. The number of nitro benzene ring substituents is 1. The first kappa shape index (κ1) is 23.5. The number of halogens is 1. The van der Waals surface area contributed by atoms with Gasteiger partial charge in [-0.15, -0.1) is 0 Å². The van der Waals surface area contributed by atoms with E-state index in [4.69, 9.17) is 4.74 Å². The molecule has 0 aliphatic heterocycles. The van der Waals surface area contributed by atoms with E-state index >= 15 is 0 Å². The second-order valence-corrected chi connectivity index (χ2v) is 6.65. The summed E-state index contributed by atoms with van der Waals surface area (Å²) in [6.45, 7) is 1.67. The molecule has 0 saturated carbocycles. The van der Waals surface area contributed by atoms with E-state index in [0.29, 0.717) is 11.1 Å². The number of non-ortho nitro benzene ring substituents is 1. The van der Waals surface area contributed by atoms with Gasteiger partial charge < -0.3 is 15.2 Å². The van der Waals surface area contributed by atoms with Crippen molar-refractivity contribution in [3.8, 4) is 0 Å². The first-order valence-electron chi connectivity index (χ1n) is 9.37. The van der Waals surface area contributed by atoms with Crippen LogP contribution in [0.5, 0.6) is 0 Å². The summed E-state index contributed by atoms with van der Waals surface area (Å²) < 4.78 is 18.2. The zero-order valence-corrected chi connectivity index (χ0v) is 16.6. The molecule has 0 saturated heterocycles. The second-order valence-electron chi connectivity index (χ2n) is 6.65. The fraction of sp³-hybridized carbons (Fsp3) is 0.286. The van der Waals surface area contributed by atoms with E-state index in [1.807, 2.05) is 0 Å². The van der Waals surface area contributed by atoms with E-state index in [1.54, 1.807) is 6.92 Å². The van der Waals surface area contributed by atoms with Crippen LogP contribution in [-0.2, 0) is 25.5 Å². The maximum atomic E-state index is 13.3. The molecule has 0 unspecified atom stereocenters. The zero-order chi connectivity index (χ0) is 23.0. The molecule has 2 aromatic carbocycles. The molecule has 31 heavy (non-hydrogen) atoms. The van der Waals surface area contributed by atoms with Gasteiger partial charge in [-0.05, 0) is 30.2 Å². The first-order valence-corrected chi connectivity index (χ1v) is 9.37. The smallest absolute Gasteiger partial charge is 0.326 e. The van der Waals surface area contributed by atoms with Crippen LogP contribution >= 0.6 is 0 Å². The number of hydrogen-bond donors (Lipinski definition) is 2. The predicted molar refractivity (Wildman–Crippen MR) is 107 cm³/mol. The molecule has 0 aromatic heterocycles. The van der Waals surface area contributed by atoms with Crippen LogP contribution in [0.2, 0.25) is 0 Å². The van der Waals surface area contributed by atoms with Crippen molar-refractivity contribution in [3.05, 3.63) is 75.6 Å². The van der Waals surface area contributed by atoms with Gasteiger partial charge in [-0.25, -0.2) is 9.18 Å². The molecular formula is C21H21FN2O7. The van der Waals surface area contributed by atoms with Gasteiger partial charge in [0.25, 0.3) is 5.69 Å². The Bertz CT molecular complexity index is 962. The molecule has 10 heteroatoms. The first-order chi connectivity index (χ1) is 14.7. The number of hydrogen-bond acceptors (Lipinski definition) is 6. The van der Waals surface area contributed by atoms with E-state index < -0.39 is 40.5 Å². The molecule has 2 N–H and O–H groups in total. The van der Waals surface area contributed by atoms with E-state index in [1.165, 1.54) is 42.5 Å². The molecule has 0 fully saturated rings. The molecule has 0 heterocycles. The summed E-state index contributed by atoms with van der Waals surface area (Å²) in [7, 11) is 0. The van der Waals surface area contributed by atoms with Crippen LogP contribution in [0, 0.1) is 15.9 Å². The van der Waals surface area contributed by atoms with Crippen LogP contribution in [0.3, 0.4) is 0 Å². The van der Waals surface area contributed by atoms with Gasteiger partial charge in [-0.1, -0.05) is 24.3 Å². The Kier molecular flexibility index (Phi) is 8.18. The largest absolute Gasteiger partial charge is 0.480 e. The Labute approximate surface area is 177 Å². The highest BCUT2D eigenvalue weighted by Gasteiger charge is 2.33. The number of carbonyl (C=O) groups is 3. The molecule has 2 atom stereocenters. The van der Waals surface area contributed by atoms with Gasteiger partial charge in [0, 0.05) is 18.1 Å². The van der Waals surface area contributed by atoms with Crippen LogP contribution in [0.25, 0.3) is 0 Å². The van der Waals surface area contributed by atoms with E-state index in [9.17, 15) is 34.0 Å². The van der Waals surface area contributed by atoms with E-state index in [-0.39, 0.29) is 25.1 Å².